The molecule has 0 unspecified atom stereocenters. The molecule has 3 heterocycles. The van der Waals surface area contributed by atoms with Crippen molar-refractivity contribution in [2.45, 2.75) is 19.4 Å². The Morgan fingerprint density at radius 1 is 0.971 bits per heavy atom. The maximum atomic E-state index is 14.5. The Labute approximate surface area is 198 Å². The predicted octanol–water partition coefficient (Wildman–Crippen LogP) is 5.08. The highest BCUT2D eigenvalue weighted by molar-refractivity contribution is 5.80. The Bertz CT molecular complexity index is 1230. The van der Waals surface area contributed by atoms with Crippen molar-refractivity contribution in [2.24, 2.45) is 11.7 Å². The highest BCUT2D eigenvalue weighted by atomic mass is 19.1. The van der Waals surface area contributed by atoms with Gasteiger partial charge in [-0.1, -0.05) is 36.4 Å². The summed E-state index contributed by atoms with van der Waals surface area (Å²) in [5.74, 6) is 0.990. The van der Waals surface area contributed by atoms with Crippen molar-refractivity contribution in [3.05, 3.63) is 78.6 Å². The quantitative estimate of drug-likeness (QED) is 0.359. The number of halogens is 1. The van der Waals surface area contributed by atoms with Gasteiger partial charge in [0.25, 0.3) is 0 Å². The first-order valence-corrected chi connectivity index (χ1v) is 11.6. The first kappa shape index (κ1) is 22.3. The van der Waals surface area contributed by atoms with Crippen LogP contribution in [0.2, 0.25) is 0 Å². The van der Waals surface area contributed by atoms with Gasteiger partial charge in [-0.2, -0.15) is 0 Å². The summed E-state index contributed by atoms with van der Waals surface area (Å²) in [6.45, 7) is 3.11. The van der Waals surface area contributed by atoms with E-state index in [1.54, 1.807) is 24.8 Å². The maximum absolute atomic E-state index is 14.5. The van der Waals surface area contributed by atoms with Crippen LogP contribution in [0.3, 0.4) is 0 Å². The van der Waals surface area contributed by atoms with Gasteiger partial charge in [-0.25, -0.2) is 9.37 Å². The van der Waals surface area contributed by atoms with Crippen molar-refractivity contribution in [3.8, 4) is 33.6 Å². The Kier molecular flexibility index (Phi) is 6.65. The van der Waals surface area contributed by atoms with E-state index in [2.05, 4.69) is 10.6 Å². The van der Waals surface area contributed by atoms with Gasteiger partial charge in [-0.15, -0.1) is 0 Å². The summed E-state index contributed by atoms with van der Waals surface area (Å²) in [4.78, 5) is 9.62. The second kappa shape index (κ2) is 10.2. The Morgan fingerprint density at radius 3 is 2.44 bits per heavy atom. The third kappa shape index (κ3) is 4.85. The molecule has 5 rings (SSSR count). The zero-order valence-electron chi connectivity index (χ0n) is 18.9. The molecule has 0 spiro atoms. The van der Waals surface area contributed by atoms with Crippen molar-refractivity contribution in [2.75, 3.05) is 25.0 Å². The van der Waals surface area contributed by atoms with E-state index in [9.17, 15) is 4.39 Å². The number of aromatic nitrogens is 2. The van der Waals surface area contributed by atoms with E-state index in [4.69, 9.17) is 20.1 Å². The fourth-order valence-electron chi connectivity index (χ4n) is 4.33. The van der Waals surface area contributed by atoms with Crippen molar-refractivity contribution in [1.82, 2.24) is 15.3 Å². The van der Waals surface area contributed by atoms with Gasteiger partial charge in [-0.05, 0) is 49.5 Å². The molecule has 0 amide bonds. The molecule has 0 radical (unpaired) electrons. The normalized spacial score (nSPS) is 14.3. The van der Waals surface area contributed by atoms with Gasteiger partial charge in [-0.3, -0.25) is 4.98 Å². The van der Waals surface area contributed by atoms with E-state index in [0.717, 1.165) is 55.0 Å². The topological polar surface area (TPSA) is 89.0 Å². The maximum Gasteiger partial charge on any atom is 0.145 e. The Morgan fingerprint density at radius 2 is 1.74 bits per heavy atom. The van der Waals surface area contributed by atoms with E-state index in [1.807, 2.05) is 36.4 Å². The molecule has 6 nitrogen and oxygen atoms in total. The summed E-state index contributed by atoms with van der Waals surface area (Å²) in [6, 6.07) is 15.0. The third-order valence-electron chi connectivity index (χ3n) is 6.36. The molecule has 174 valence electrons. The predicted molar refractivity (Wildman–Crippen MR) is 133 cm³/mol. The minimum absolute atomic E-state index is 0.152. The fourth-order valence-corrected chi connectivity index (χ4v) is 4.33. The van der Waals surface area contributed by atoms with Crippen LogP contribution in [0.25, 0.3) is 33.6 Å². The highest BCUT2D eigenvalue weighted by Crippen LogP contribution is 2.32. The van der Waals surface area contributed by atoms with Crippen LogP contribution >= 0.6 is 0 Å². The lowest BCUT2D eigenvalue weighted by molar-refractivity contribution is 0.389. The average Bonchev–Trinajstić information content (AvgIpc) is 3.43. The first-order valence-electron chi connectivity index (χ1n) is 11.6. The molecule has 1 aliphatic heterocycles. The molecule has 1 aliphatic rings. The van der Waals surface area contributed by atoms with Gasteiger partial charge in [0.2, 0.25) is 0 Å². The number of furan rings is 1. The van der Waals surface area contributed by atoms with Crippen LogP contribution in [0.4, 0.5) is 10.2 Å². The number of anilines is 1. The summed E-state index contributed by atoms with van der Waals surface area (Å²) in [5.41, 5.74) is 11.1. The number of hydrogen-bond acceptors (Lipinski definition) is 6. The van der Waals surface area contributed by atoms with Gasteiger partial charge in [0.1, 0.15) is 11.6 Å². The lowest BCUT2D eigenvalue weighted by Gasteiger charge is -2.23. The lowest BCUT2D eigenvalue weighted by Crippen LogP contribution is -2.31. The van der Waals surface area contributed by atoms with Crippen molar-refractivity contribution in [1.29, 1.82) is 0 Å². The SMILES string of the molecule is NCc1ccc(-c2ncc(NCC3CCNCC3)nc2-c2ccc(-c3ccoc3)cc2)cc1F. The van der Waals surface area contributed by atoms with Crippen LogP contribution in [0.15, 0.2) is 71.7 Å². The van der Waals surface area contributed by atoms with Gasteiger partial charge < -0.3 is 20.8 Å². The number of rotatable bonds is 7. The molecule has 7 heteroatoms. The van der Waals surface area contributed by atoms with Gasteiger partial charge >= 0.3 is 0 Å². The zero-order chi connectivity index (χ0) is 23.3. The zero-order valence-corrected chi connectivity index (χ0v) is 18.9. The van der Waals surface area contributed by atoms with Crippen LogP contribution in [0.1, 0.15) is 18.4 Å². The van der Waals surface area contributed by atoms with E-state index in [-0.39, 0.29) is 12.4 Å². The summed E-state index contributed by atoms with van der Waals surface area (Å²) < 4.78 is 19.7. The molecule has 0 bridgehead atoms. The van der Waals surface area contributed by atoms with E-state index >= 15 is 0 Å². The molecule has 0 atom stereocenters. The van der Waals surface area contributed by atoms with E-state index in [0.29, 0.717) is 28.4 Å². The molecule has 0 aliphatic carbocycles. The number of hydrogen-bond donors (Lipinski definition) is 3. The number of benzene rings is 2. The molecule has 4 aromatic rings. The molecule has 1 fully saturated rings. The van der Waals surface area contributed by atoms with Crippen molar-refractivity contribution < 1.29 is 8.81 Å². The molecule has 1 saturated heterocycles. The third-order valence-corrected chi connectivity index (χ3v) is 6.36. The smallest absolute Gasteiger partial charge is 0.145 e. The van der Waals surface area contributed by atoms with Crippen LogP contribution in [-0.4, -0.2) is 29.6 Å². The summed E-state index contributed by atoms with van der Waals surface area (Å²) in [5, 5.41) is 6.86. The summed E-state index contributed by atoms with van der Waals surface area (Å²) >= 11 is 0. The minimum Gasteiger partial charge on any atom is -0.472 e. The Balaban J connectivity index is 1.49. The monoisotopic (exact) mass is 457 g/mol. The largest absolute Gasteiger partial charge is 0.472 e. The second-order valence-corrected chi connectivity index (χ2v) is 8.63. The van der Waals surface area contributed by atoms with Gasteiger partial charge in [0, 0.05) is 35.3 Å². The fraction of sp³-hybridized carbons (Fsp3) is 0.259. The van der Waals surface area contributed by atoms with Crippen LogP contribution in [-0.2, 0) is 6.54 Å². The number of piperidine rings is 1. The Hall–Kier alpha value is -3.55. The molecule has 2 aromatic carbocycles. The number of nitrogens with one attached hydrogen (secondary N) is 2. The lowest BCUT2D eigenvalue weighted by atomic mass is 9.98. The highest BCUT2D eigenvalue weighted by Gasteiger charge is 2.16. The molecule has 2 aromatic heterocycles. The molecular weight excluding hydrogens is 429 g/mol. The average molecular weight is 458 g/mol. The second-order valence-electron chi connectivity index (χ2n) is 8.63. The summed E-state index contributed by atoms with van der Waals surface area (Å²) in [6.07, 6.45) is 7.40. The van der Waals surface area contributed by atoms with Gasteiger partial charge in [0.15, 0.2) is 0 Å². The van der Waals surface area contributed by atoms with Crippen LogP contribution in [0.5, 0.6) is 0 Å². The number of nitrogens with zero attached hydrogens (tertiary/aromatic N) is 2. The van der Waals surface area contributed by atoms with Gasteiger partial charge in [0.05, 0.1) is 30.1 Å². The van der Waals surface area contributed by atoms with Crippen molar-refractivity contribution >= 4 is 5.82 Å². The number of nitrogens with two attached hydrogens (primary N) is 1. The van der Waals surface area contributed by atoms with Crippen LogP contribution < -0.4 is 16.4 Å². The summed E-state index contributed by atoms with van der Waals surface area (Å²) in [7, 11) is 0. The van der Waals surface area contributed by atoms with Crippen LogP contribution in [0, 0.1) is 11.7 Å². The van der Waals surface area contributed by atoms with E-state index in [1.165, 1.54) is 6.07 Å². The standard InChI is InChI=1S/C27H28FN5O/c28-24-13-21(5-6-22(24)14-29)26-27(20-3-1-19(2-4-20)23-9-12-34-17-23)33-25(16-32-26)31-15-18-7-10-30-11-8-18/h1-6,9,12-13,16-18,30H,7-8,10-11,14-15,29H2,(H,31,33). The first-order chi connectivity index (χ1) is 16.7. The minimum atomic E-state index is -0.337. The molecular formula is C27H28FN5O. The molecule has 34 heavy (non-hydrogen) atoms. The molecule has 0 saturated carbocycles. The van der Waals surface area contributed by atoms with E-state index < -0.39 is 0 Å². The van der Waals surface area contributed by atoms with Crippen molar-refractivity contribution in [3.63, 3.8) is 0 Å². The molecule has 4 N–H and O–H groups in total.